The number of hydrogen-bond donors (Lipinski definition) is 1. The van der Waals surface area contributed by atoms with Crippen LogP contribution in [0.1, 0.15) is 53.4 Å². The summed E-state index contributed by atoms with van der Waals surface area (Å²) in [5.41, 5.74) is 5.88. The van der Waals surface area contributed by atoms with Gasteiger partial charge in [-0.3, -0.25) is 0 Å². The molecule has 0 spiro atoms. The molecular formula is C15H34ClN3O2S. The Morgan fingerprint density at radius 1 is 1.05 bits per heavy atom. The van der Waals surface area contributed by atoms with Crippen LogP contribution in [0, 0.1) is 11.8 Å². The first-order valence-electron chi connectivity index (χ1n) is 8.24. The second-order valence-corrected chi connectivity index (χ2v) is 8.94. The molecule has 22 heavy (non-hydrogen) atoms. The van der Waals surface area contributed by atoms with Crippen LogP contribution < -0.4 is 5.73 Å². The van der Waals surface area contributed by atoms with Gasteiger partial charge < -0.3 is 5.73 Å². The summed E-state index contributed by atoms with van der Waals surface area (Å²) in [4.78, 5) is 0. The highest BCUT2D eigenvalue weighted by atomic mass is 35.5. The molecule has 1 aliphatic heterocycles. The van der Waals surface area contributed by atoms with Crippen molar-refractivity contribution in [3.05, 3.63) is 0 Å². The Labute approximate surface area is 143 Å². The minimum Gasteiger partial charge on any atom is -0.328 e. The van der Waals surface area contributed by atoms with Crippen LogP contribution in [0.4, 0.5) is 0 Å². The molecule has 0 aliphatic carbocycles. The summed E-state index contributed by atoms with van der Waals surface area (Å²) in [6, 6.07) is 0.149. The molecule has 0 amide bonds. The van der Waals surface area contributed by atoms with Gasteiger partial charge in [-0.1, -0.05) is 27.7 Å². The molecule has 0 aromatic heterocycles. The molecule has 134 valence electrons. The van der Waals surface area contributed by atoms with Crippen molar-refractivity contribution in [2.24, 2.45) is 17.6 Å². The Kier molecular flexibility index (Phi) is 10.1. The molecule has 0 bridgehead atoms. The third kappa shape index (κ3) is 7.13. The van der Waals surface area contributed by atoms with Crippen molar-refractivity contribution in [1.82, 2.24) is 8.61 Å². The number of nitrogens with zero attached hydrogens (tertiary/aromatic N) is 2. The third-order valence-corrected chi connectivity index (χ3v) is 6.10. The van der Waals surface area contributed by atoms with Crippen LogP contribution in [0.5, 0.6) is 0 Å². The molecule has 1 saturated heterocycles. The summed E-state index contributed by atoms with van der Waals surface area (Å²) < 4.78 is 29.0. The second-order valence-electron chi connectivity index (χ2n) is 7.01. The highest BCUT2D eigenvalue weighted by molar-refractivity contribution is 7.86. The molecule has 1 heterocycles. The molecule has 0 unspecified atom stereocenters. The van der Waals surface area contributed by atoms with Gasteiger partial charge in [0.05, 0.1) is 0 Å². The number of rotatable bonds is 8. The molecule has 1 fully saturated rings. The number of piperidine rings is 1. The van der Waals surface area contributed by atoms with Crippen LogP contribution in [0.25, 0.3) is 0 Å². The molecule has 5 nitrogen and oxygen atoms in total. The molecule has 0 aromatic carbocycles. The fourth-order valence-electron chi connectivity index (χ4n) is 2.42. The van der Waals surface area contributed by atoms with E-state index in [0.29, 0.717) is 38.0 Å². The monoisotopic (exact) mass is 355 g/mol. The van der Waals surface area contributed by atoms with E-state index in [1.807, 2.05) is 0 Å². The second kappa shape index (κ2) is 10.1. The molecule has 2 N–H and O–H groups in total. The van der Waals surface area contributed by atoms with Crippen molar-refractivity contribution < 1.29 is 8.42 Å². The maximum absolute atomic E-state index is 12.8. The first-order chi connectivity index (χ1) is 9.73. The Balaban J connectivity index is 0.00000441. The van der Waals surface area contributed by atoms with E-state index in [-0.39, 0.29) is 18.4 Å². The standard InChI is InChI=1S/C15H33N3O2S.ClH/c1-13(2)5-9-17(10-6-14(3)4)21(19,20)18-11-7-15(16)8-12-18;/h13-15H,5-12,16H2,1-4H3;1H. The summed E-state index contributed by atoms with van der Waals surface area (Å²) in [5, 5.41) is 0. The van der Waals surface area contributed by atoms with Gasteiger partial charge in [0.2, 0.25) is 0 Å². The van der Waals surface area contributed by atoms with Crippen molar-refractivity contribution in [2.75, 3.05) is 26.2 Å². The number of nitrogens with two attached hydrogens (primary N) is 1. The van der Waals surface area contributed by atoms with Crippen molar-refractivity contribution in [3.63, 3.8) is 0 Å². The minimum atomic E-state index is -3.33. The normalized spacial score (nSPS) is 18.2. The average Bonchev–Trinajstić information content (AvgIpc) is 2.38. The van der Waals surface area contributed by atoms with Gasteiger partial charge in [0.15, 0.2) is 0 Å². The predicted octanol–water partition coefficient (Wildman–Crippen LogP) is 2.47. The molecule has 0 radical (unpaired) electrons. The zero-order chi connectivity index (χ0) is 16.0. The zero-order valence-electron chi connectivity index (χ0n) is 14.5. The van der Waals surface area contributed by atoms with Gasteiger partial charge in [-0.15, -0.1) is 12.4 Å². The fourth-order valence-corrected chi connectivity index (χ4v) is 4.09. The highest BCUT2D eigenvalue weighted by Crippen LogP contribution is 2.18. The lowest BCUT2D eigenvalue weighted by Gasteiger charge is -2.34. The van der Waals surface area contributed by atoms with E-state index in [2.05, 4.69) is 27.7 Å². The lowest BCUT2D eigenvalue weighted by atomic mass is 10.1. The Morgan fingerprint density at radius 2 is 1.45 bits per heavy atom. The van der Waals surface area contributed by atoms with Crippen LogP contribution in [-0.2, 0) is 10.2 Å². The van der Waals surface area contributed by atoms with Crippen molar-refractivity contribution in [3.8, 4) is 0 Å². The summed E-state index contributed by atoms with van der Waals surface area (Å²) in [6.45, 7) is 10.9. The lowest BCUT2D eigenvalue weighted by molar-refractivity contribution is 0.276. The Morgan fingerprint density at radius 3 is 1.82 bits per heavy atom. The van der Waals surface area contributed by atoms with Gasteiger partial charge in [-0.2, -0.15) is 17.0 Å². The number of hydrogen-bond acceptors (Lipinski definition) is 3. The van der Waals surface area contributed by atoms with Gasteiger partial charge in [0, 0.05) is 32.2 Å². The van der Waals surface area contributed by atoms with Gasteiger partial charge in [0.1, 0.15) is 0 Å². The van der Waals surface area contributed by atoms with E-state index in [4.69, 9.17) is 5.73 Å². The summed E-state index contributed by atoms with van der Waals surface area (Å²) in [5.74, 6) is 1.02. The SMILES string of the molecule is CC(C)CCN(CCC(C)C)S(=O)(=O)N1CCC(N)CC1.Cl. The molecule has 7 heteroatoms. The van der Waals surface area contributed by atoms with Crippen molar-refractivity contribution >= 4 is 22.6 Å². The van der Waals surface area contributed by atoms with Crippen molar-refractivity contribution in [2.45, 2.75) is 59.4 Å². The maximum atomic E-state index is 12.8. The quantitative estimate of drug-likeness (QED) is 0.727. The van der Waals surface area contributed by atoms with Crippen molar-refractivity contribution in [1.29, 1.82) is 0 Å². The molecular weight excluding hydrogens is 322 g/mol. The predicted molar refractivity (Wildman–Crippen MR) is 95.4 cm³/mol. The molecule has 0 saturated carbocycles. The maximum Gasteiger partial charge on any atom is 0.281 e. The Bertz CT molecular complexity index is 382. The largest absolute Gasteiger partial charge is 0.328 e. The van der Waals surface area contributed by atoms with E-state index >= 15 is 0 Å². The van der Waals surface area contributed by atoms with E-state index in [0.717, 1.165) is 25.7 Å². The van der Waals surface area contributed by atoms with Gasteiger partial charge in [0.25, 0.3) is 10.2 Å². The number of halogens is 1. The first kappa shape index (κ1) is 22.1. The average molecular weight is 356 g/mol. The van der Waals surface area contributed by atoms with Gasteiger partial charge >= 0.3 is 0 Å². The van der Waals surface area contributed by atoms with Crippen LogP contribution in [0.3, 0.4) is 0 Å². The van der Waals surface area contributed by atoms with E-state index < -0.39 is 10.2 Å². The van der Waals surface area contributed by atoms with E-state index in [9.17, 15) is 8.42 Å². The lowest BCUT2D eigenvalue weighted by Crippen LogP contribution is -2.49. The Hall–Kier alpha value is 0.120. The first-order valence-corrected chi connectivity index (χ1v) is 9.64. The molecule has 0 atom stereocenters. The fraction of sp³-hybridized carbons (Fsp3) is 1.00. The van der Waals surface area contributed by atoms with E-state index in [1.165, 1.54) is 0 Å². The zero-order valence-corrected chi connectivity index (χ0v) is 16.1. The van der Waals surface area contributed by atoms with Gasteiger partial charge in [-0.25, -0.2) is 0 Å². The summed E-state index contributed by atoms with van der Waals surface area (Å²) in [6.07, 6.45) is 3.35. The van der Waals surface area contributed by atoms with Crippen LogP contribution in [0.2, 0.25) is 0 Å². The van der Waals surface area contributed by atoms with Crippen LogP contribution in [-0.4, -0.2) is 49.2 Å². The minimum absolute atomic E-state index is 0. The third-order valence-electron chi connectivity index (χ3n) is 4.06. The highest BCUT2D eigenvalue weighted by Gasteiger charge is 2.31. The van der Waals surface area contributed by atoms with Crippen LogP contribution >= 0.6 is 12.4 Å². The molecule has 1 aliphatic rings. The van der Waals surface area contributed by atoms with Gasteiger partial charge in [-0.05, 0) is 37.5 Å². The summed E-state index contributed by atoms with van der Waals surface area (Å²) in [7, 11) is -3.33. The summed E-state index contributed by atoms with van der Waals surface area (Å²) >= 11 is 0. The molecule has 1 rings (SSSR count). The topological polar surface area (TPSA) is 66.6 Å². The van der Waals surface area contributed by atoms with Crippen LogP contribution in [0.15, 0.2) is 0 Å². The van der Waals surface area contributed by atoms with E-state index in [1.54, 1.807) is 8.61 Å². The smallest absolute Gasteiger partial charge is 0.281 e. The molecule has 0 aromatic rings.